The Kier molecular flexibility index (Phi) is 2.31. The van der Waals surface area contributed by atoms with E-state index in [4.69, 9.17) is 5.73 Å². The van der Waals surface area contributed by atoms with Crippen LogP contribution in [0.3, 0.4) is 0 Å². The Balaban J connectivity index is 2.77. The highest BCUT2D eigenvalue weighted by Crippen LogP contribution is 2.23. The summed E-state index contributed by atoms with van der Waals surface area (Å²) in [5.74, 6) is 0. The van der Waals surface area contributed by atoms with Crippen LogP contribution in [0.4, 0.5) is 5.69 Å². The van der Waals surface area contributed by atoms with E-state index in [1.165, 1.54) is 12.1 Å². The second-order valence-corrected chi connectivity index (χ2v) is 3.14. The Morgan fingerprint density at radius 3 is 2.93 bits per heavy atom. The Morgan fingerprint density at radius 1 is 1.47 bits per heavy atom. The summed E-state index contributed by atoms with van der Waals surface area (Å²) >= 11 is 0. The lowest BCUT2D eigenvalue weighted by Gasteiger charge is -2.02. The molecule has 0 fully saturated rings. The summed E-state index contributed by atoms with van der Waals surface area (Å²) in [5.41, 5.74) is 7.00. The van der Waals surface area contributed by atoms with Gasteiger partial charge in [0.15, 0.2) is 0 Å². The molecule has 0 atom stereocenters. The van der Waals surface area contributed by atoms with Crippen LogP contribution in [0.15, 0.2) is 30.5 Å². The predicted molar refractivity (Wildman–Crippen MR) is 56.3 cm³/mol. The van der Waals surface area contributed by atoms with E-state index in [1.807, 2.05) is 0 Å². The fourth-order valence-electron chi connectivity index (χ4n) is 1.51. The summed E-state index contributed by atoms with van der Waals surface area (Å²) in [5, 5.41) is 11.4. The number of aromatic nitrogens is 1. The summed E-state index contributed by atoms with van der Waals surface area (Å²) in [6.45, 7) is 0.245. The van der Waals surface area contributed by atoms with E-state index in [0.29, 0.717) is 5.56 Å². The van der Waals surface area contributed by atoms with Crippen LogP contribution in [0.25, 0.3) is 10.9 Å². The molecule has 0 aliphatic rings. The third-order valence-corrected chi connectivity index (χ3v) is 2.20. The van der Waals surface area contributed by atoms with Crippen LogP contribution in [-0.4, -0.2) is 9.91 Å². The number of benzene rings is 1. The molecule has 0 aliphatic carbocycles. The lowest BCUT2D eigenvalue weighted by Crippen LogP contribution is -2.00. The van der Waals surface area contributed by atoms with Crippen molar-refractivity contribution in [3.63, 3.8) is 0 Å². The monoisotopic (exact) mass is 203 g/mol. The topological polar surface area (TPSA) is 82.0 Å². The molecule has 2 rings (SSSR count). The highest BCUT2D eigenvalue weighted by Gasteiger charge is 2.10. The molecule has 0 radical (unpaired) electrons. The van der Waals surface area contributed by atoms with Crippen LogP contribution >= 0.6 is 0 Å². The minimum Gasteiger partial charge on any atom is -0.326 e. The van der Waals surface area contributed by atoms with Gasteiger partial charge in [0.2, 0.25) is 0 Å². The zero-order valence-corrected chi connectivity index (χ0v) is 7.88. The third kappa shape index (κ3) is 1.64. The highest BCUT2D eigenvalue weighted by molar-refractivity contribution is 5.84. The summed E-state index contributed by atoms with van der Waals surface area (Å²) in [6.07, 6.45) is 1.65. The summed E-state index contributed by atoms with van der Waals surface area (Å²) in [7, 11) is 0. The zero-order chi connectivity index (χ0) is 10.8. The van der Waals surface area contributed by atoms with Crippen LogP contribution < -0.4 is 5.73 Å². The smallest absolute Gasteiger partial charge is 0.270 e. The van der Waals surface area contributed by atoms with Gasteiger partial charge in [-0.25, -0.2) is 0 Å². The minimum absolute atomic E-state index is 0.0518. The largest absolute Gasteiger partial charge is 0.326 e. The summed E-state index contributed by atoms with van der Waals surface area (Å²) < 4.78 is 0. The molecule has 0 saturated carbocycles. The molecule has 1 aromatic heterocycles. The molecular formula is C10H9N3O2. The van der Waals surface area contributed by atoms with Gasteiger partial charge in [-0.1, -0.05) is 6.07 Å². The number of nitrogens with two attached hydrogens (primary N) is 1. The molecular weight excluding hydrogens is 194 g/mol. The van der Waals surface area contributed by atoms with Crippen LogP contribution in [0.2, 0.25) is 0 Å². The molecule has 0 bridgehead atoms. The molecule has 0 aliphatic heterocycles. The fraction of sp³-hybridized carbons (Fsp3) is 0.100. The van der Waals surface area contributed by atoms with E-state index in [2.05, 4.69) is 4.98 Å². The maximum Gasteiger partial charge on any atom is 0.270 e. The average molecular weight is 203 g/mol. The molecule has 2 aromatic rings. The van der Waals surface area contributed by atoms with Crippen molar-refractivity contribution in [2.24, 2.45) is 5.73 Å². The zero-order valence-electron chi connectivity index (χ0n) is 7.88. The van der Waals surface area contributed by atoms with E-state index in [0.717, 1.165) is 10.9 Å². The number of fused-ring (bicyclic) bond motifs is 1. The maximum atomic E-state index is 10.7. The number of nitro groups is 1. The first-order valence-electron chi connectivity index (χ1n) is 4.44. The standard InChI is InChI=1S/C10H9N3O2/c11-6-8-5-9(13(14)15)4-7-2-1-3-12-10(7)8/h1-5H,6,11H2. The second-order valence-electron chi connectivity index (χ2n) is 3.14. The lowest BCUT2D eigenvalue weighted by molar-refractivity contribution is -0.384. The van der Waals surface area contributed by atoms with Crippen molar-refractivity contribution in [3.8, 4) is 0 Å². The van der Waals surface area contributed by atoms with Gasteiger partial charge >= 0.3 is 0 Å². The number of nitro benzene ring substituents is 1. The van der Waals surface area contributed by atoms with Crippen molar-refractivity contribution in [1.29, 1.82) is 0 Å². The van der Waals surface area contributed by atoms with Gasteiger partial charge in [0.1, 0.15) is 0 Å². The van der Waals surface area contributed by atoms with Gasteiger partial charge in [0.25, 0.3) is 5.69 Å². The predicted octanol–water partition coefficient (Wildman–Crippen LogP) is 1.60. The fourth-order valence-corrected chi connectivity index (χ4v) is 1.51. The Hall–Kier alpha value is -2.01. The van der Waals surface area contributed by atoms with E-state index in [9.17, 15) is 10.1 Å². The van der Waals surface area contributed by atoms with Crippen molar-refractivity contribution in [1.82, 2.24) is 4.98 Å². The van der Waals surface area contributed by atoms with Gasteiger partial charge in [-0.15, -0.1) is 0 Å². The number of rotatable bonds is 2. The van der Waals surface area contributed by atoms with E-state index in [1.54, 1.807) is 18.3 Å². The molecule has 0 saturated heterocycles. The van der Waals surface area contributed by atoms with Crippen molar-refractivity contribution in [2.75, 3.05) is 0 Å². The second kappa shape index (κ2) is 3.62. The van der Waals surface area contributed by atoms with Crippen LogP contribution in [0, 0.1) is 10.1 Å². The molecule has 1 aromatic carbocycles. The van der Waals surface area contributed by atoms with Gasteiger partial charge in [-0.05, 0) is 11.6 Å². The molecule has 2 N–H and O–H groups in total. The number of nitrogens with zero attached hydrogens (tertiary/aromatic N) is 2. The normalized spacial score (nSPS) is 10.5. The molecule has 1 heterocycles. The number of hydrogen-bond acceptors (Lipinski definition) is 4. The first-order chi connectivity index (χ1) is 7.22. The molecule has 5 nitrogen and oxygen atoms in total. The molecule has 76 valence electrons. The van der Waals surface area contributed by atoms with Crippen LogP contribution in [0.5, 0.6) is 0 Å². The van der Waals surface area contributed by atoms with Crippen molar-refractivity contribution >= 4 is 16.6 Å². The van der Waals surface area contributed by atoms with Gasteiger partial charge < -0.3 is 5.73 Å². The SMILES string of the molecule is NCc1cc([N+](=O)[O-])cc2cccnc12. The maximum absolute atomic E-state index is 10.7. The number of pyridine rings is 1. The number of hydrogen-bond donors (Lipinski definition) is 1. The minimum atomic E-state index is -0.425. The molecule has 0 amide bonds. The van der Waals surface area contributed by atoms with Gasteiger partial charge in [0.05, 0.1) is 10.4 Å². The van der Waals surface area contributed by atoms with Gasteiger partial charge in [-0.3, -0.25) is 15.1 Å². The van der Waals surface area contributed by atoms with E-state index < -0.39 is 4.92 Å². The molecule has 0 spiro atoms. The van der Waals surface area contributed by atoms with Crippen molar-refractivity contribution < 1.29 is 4.92 Å². The quantitative estimate of drug-likeness (QED) is 0.593. The van der Waals surface area contributed by atoms with Crippen molar-refractivity contribution in [2.45, 2.75) is 6.54 Å². The average Bonchev–Trinajstić information content (AvgIpc) is 2.27. The first-order valence-corrected chi connectivity index (χ1v) is 4.44. The van der Waals surface area contributed by atoms with Gasteiger partial charge in [0, 0.05) is 30.3 Å². The lowest BCUT2D eigenvalue weighted by atomic mass is 10.1. The first kappa shape index (κ1) is 9.54. The molecule has 15 heavy (non-hydrogen) atoms. The molecule has 5 heteroatoms. The summed E-state index contributed by atoms with van der Waals surface area (Å²) in [6, 6.07) is 6.50. The van der Waals surface area contributed by atoms with Crippen LogP contribution in [-0.2, 0) is 6.54 Å². The summed E-state index contributed by atoms with van der Waals surface area (Å²) in [4.78, 5) is 14.4. The van der Waals surface area contributed by atoms with Crippen molar-refractivity contribution in [3.05, 3.63) is 46.1 Å². The van der Waals surface area contributed by atoms with E-state index >= 15 is 0 Å². The van der Waals surface area contributed by atoms with Crippen LogP contribution in [0.1, 0.15) is 5.56 Å². The molecule has 0 unspecified atom stereocenters. The highest BCUT2D eigenvalue weighted by atomic mass is 16.6. The van der Waals surface area contributed by atoms with E-state index in [-0.39, 0.29) is 12.2 Å². The Labute approximate surface area is 85.7 Å². The Morgan fingerprint density at radius 2 is 2.27 bits per heavy atom. The van der Waals surface area contributed by atoms with Gasteiger partial charge in [-0.2, -0.15) is 0 Å². The third-order valence-electron chi connectivity index (χ3n) is 2.20. The number of non-ortho nitro benzene ring substituents is 1. The Bertz CT molecular complexity index is 525.